The van der Waals surface area contributed by atoms with E-state index in [2.05, 4.69) is 18.6 Å². The van der Waals surface area contributed by atoms with Crippen LogP contribution in [0.5, 0.6) is 0 Å². The van der Waals surface area contributed by atoms with Crippen LogP contribution in [0.2, 0.25) is 0 Å². The summed E-state index contributed by atoms with van der Waals surface area (Å²) in [7, 11) is -1.16. The highest BCUT2D eigenvalue weighted by Crippen LogP contribution is 2.44. The fourth-order valence-electron chi connectivity index (χ4n) is 3.77. The van der Waals surface area contributed by atoms with Crippen LogP contribution < -0.4 is 4.72 Å². The maximum Gasteiger partial charge on any atom is 0.410 e. The second kappa shape index (κ2) is 7.99. The molecule has 2 saturated heterocycles. The molecule has 158 valence electrons. The van der Waals surface area contributed by atoms with Crippen LogP contribution in [-0.2, 0) is 20.5 Å². The lowest BCUT2D eigenvalue weighted by Gasteiger charge is -2.43. The molecule has 0 unspecified atom stereocenters. The second-order valence-electron chi connectivity index (χ2n) is 10.3. The maximum atomic E-state index is 12.8. The molecule has 7 heteroatoms. The van der Waals surface area contributed by atoms with Gasteiger partial charge in [-0.2, -0.15) is 0 Å². The lowest BCUT2D eigenvalue weighted by atomic mass is 9.72. The van der Waals surface area contributed by atoms with Gasteiger partial charge in [0.25, 0.3) is 0 Å². The third kappa shape index (κ3) is 5.45. The number of rotatable bonds is 3. The standard InChI is InChI=1S/C20H38N2O4S/c1-14(2)15-16(21-27(24)19(6,7)8)20(13-25-15)9-11-22(12-10-20)17(23)26-18(3,4)5/h14-16,21H,9-13H2,1-8H3/t15-,16+,27-/m0/s1. The summed E-state index contributed by atoms with van der Waals surface area (Å²) in [6.07, 6.45) is 1.44. The zero-order chi connectivity index (χ0) is 20.6. The Hall–Kier alpha value is -0.660. The fraction of sp³-hybridized carbons (Fsp3) is 0.950. The van der Waals surface area contributed by atoms with Crippen molar-refractivity contribution in [2.75, 3.05) is 19.7 Å². The molecular weight excluding hydrogens is 364 g/mol. The van der Waals surface area contributed by atoms with E-state index >= 15 is 0 Å². The minimum atomic E-state index is -1.16. The Bertz CT molecular complexity index is 557. The van der Waals surface area contributed by atoms with Crippen molar-refractivity contribution < 1.29 is 18.5 Å². The number of carbonyl (C=O) groups is 1. The van der Waals surface area contributed by atoms with Crippen molar-refractivity contribution >= 4 is 17.1 Å². The number of nitrogens with zero attached hydrogens (tertiary/aromatic N) is 1. The molecule has 1 N–H and O–H groups in total. The van der Waals surface area contributed by atoms with Gasteiger partial charge in [-0.05, 0) is 60.3 Å². The van der Waals surface area contributed by atoms with E-state index in [9.17, 15) is 9.00 Å². The van der Waals surface area contributed by atoms with Gasteiger partial charge in [0.05, 0.1) is 34.5 Å². The minimum absolute atomic E-state index is 0.0262. The monoisotopic (exact) mass is 402 g/mol. The smallest absolute Gasteiger partial charge is 0.410 e. The van der Waals surface area contributed by atoms with Crippen molar-refractivity contribution in [1.82, 2.24) is 9.62 Å². The molecule has 27 heavy (non-hydrogen) atoms. The molecule has 6 nitrogen and oxygen atoms in total. The van der Waals surface area contributed by atoms with Crippen molar-refractivity contribution in [3.8, 4) is 0 Å². The van der Waals surface area contributed by atoms with Gasteiger partial charge in [0.2, 0.25) is 0 Å². The van der Waals surface area contributed by atoms with Crippen LogP contribution in [0.25, 0.3) is 0 Å². The third-order valence-electron chi connectivity index (χ3n) is 5.41. The van der Waals surface area contributed by atoms with E-state index in [4.69, 9.17) is 9.47 Å². The van der Waals surface area contributed by atoms with Gasteiger partial charge in [0.15, 0.2) is 0 Å². The molecule has 2 heterocycles. The number of hydrogen-bond acceptors (Lipinski definition) is 4. The largest absolute Gasteiger partial charge is 0.444 e. The summed E-state index contributed by atoms with van der Waals surface area (Å²) in [4.78, 5) is 14.2. The van der Waals surface area contributed by atoms with Crippen LogP contribution in [0.4, 0.5) is 4.79 Å². The van der Waals surface area contributed by atoms with Gasteiger partial charge in [-0.15, -0.1) is 0 Å². The Labute approximate surface area is 167 Å². The van der Waals surface area contributed by atoms with E-state index in [0.717, 1.165) is 12.8 Å². The predicted octanol–water partition coefficient (Wildman–Crippen LogP) is 3.48. The molecule has 1 amide bonds. The zero-order valence-corrected chi connectivity index (χ0v) is 19.1. The first-order chi connectivity index (χ1) is 12.3. The summed E-state index contributed by atoms with van der Waals surface area (Å²) in [6.45, 7) is 17.8. The number of piperidine rings is 1. The van der Waals surface area contributed by atoms with Crippen LogP contribution in [0, 0.1) is 11.3 Å². The summed E-state index contributed by atoms with van der Waals surface area (Å²) < 4.78 is 27.6. The highest BCUT2D eigenvalue weighted by Gasteiger charge is 2.53. The molecule has 0 radical (unpaired) electrons. The first-order valence-electron chi connectivity index (χ1n) is 10.0. The Morgan fingerprint density at radius 1 is 1.19 bits per heavy atom. The van der Waals surface area contributed by atoms with Gasteiger partial charge in [-0.25, -0.2) is 13.7 Å². The van der Waals surface area contributed by atoms with Crippen molar-refractivity contribution in [3.05, 3.63) is 0 Å². The quantitative estimate of drug-likeness (QED) is 0.785. The van der Waals surface area contributed by atoms with E-state index < -0.39 is 16.6 Å². The topological polar surface area (TPSA) is 67.9 Å². The number of nitrogens with one attached hydrogen (secondary N) is 1. The van der Waals surface area contributed by atoms with Crippen LogP contribution in [0.1, 0.15) is 68.2 Å². The maximum absolute atomic E-state index is 12.8. The molecule has 3 atom stereocenters. The fourth-order valence-corrected chi connectivity index (χ4v) is 4.74. The summed E-state index contributed by atoms with van der Waals surface area (Å²) in [5.41, 5.74) is -0.576. The normalized spacial score (nSPS) is 27.2. The molecule has 2 fully saturated rings. The molecule has 0 saturated carbocycles. The van der Waals surface area contributed by atoms with Crippen molar-refractivity contribution in [3.63, 3.8) is 0 Å². The Morgan fingerprint density at radius 3 is 2.19 bits per heavy atom. The number of carbonyl (C=O) groups excluding carboxylic acids is 1. The zero-order valence-electron chi connectivity index (χ0n) is 18.3. The molecule has 0 aromatic rings. The predicted molar refractivity (Wildman–Crippen MR) is 109 cm³/mol. The van der Waals surface area contributed by atoms with Gasteiger partial charge < -0.3 is 14.4 Å². The van der Waals surface area contributed by atoms with Crippen molar-refractivity contribution in [1.29, 1.82) is 0 Å². The van der Waals surface area contributed by atoms with Gasteiger partial charge in [0, 0.05) is 18.5 Å². The molecule has 2 rings (SSSR count). The van der Waals surface area contributed by atoms with Crippen LogP contribution in [0.15, 0.2) is 0 Å². The third-order valence-corrected chi connectivity index (χ3v) is 6.99. The average molecular weight is 403 g/mol. The lowest BCUT2D eigenvalue weighted by Crippen LogP contribution is -2.56. The molecule has 1 spiro atoms. The van der Waals surface area contributed by atoms with E-state index in [-0.39, 0.29) is 28.4 Å². The SMILES string of the molecule is CC(C)[C@@H]1OCC2(CCN(C(=O)OC(C)(C)C)CC2)[C@@H]1N[S@@](=O)C(C)(C)C. The summed E-state index contributed by atoms with van der Waals surface area (Å²) in [5.74, 6) is 0.336. The minimum Gasteiger partial charge on any atom is -0.444 e. The molecule has 0 bridgehead atoms. The van der Waals surface area contributed by atoms with E-state index in [1.54, 1.807) is 4.90 Å². The average Bonchev–Trinajstić information content (AvgIpc) is 2.84. The Morgan fingerprint density at radius 2 is 1.74 bits per heavy atom. The molecular formula is C20H38N2O4S. The van der Waals surface area contributed by atoms with E-state index in [0.29, 0.717) is 25.6 Å². The lowest BCUT2D eigenvalue weighted by molar-refractivity contribution is 0.00620. The number of hydrogen-bond donors (Lipinski definition) is 1. The Kier molecular flexibility index (Phi) is 6.70. The van der Waals surface area contributed by atoms with Crippen LogP contribution >= 0.6 is 0 Å². The summed E-state index contributed by atoms with van der Waals surface area (Å²) >= 11 is 0. The first-order valence-corrected chi connectivity index (χ1v) is 11.2. The molecule has 0 aliphatic carbocycles. The van der Waals surface area contributed by atoms with Crippen LogP contribution in [-0.4, -0.2) is 57.4 Å². The second-order valence-corrected chi connectivity index (χ2v) is 12.3. The van der Waals surface area contributed by atoms with Crippen LogP contribution in [0.3, 0.4) is 0 Å². The van der Waals surface area contributed by atoms with Gasteiger partial charge in [-0.1, -0.05) is 13.8 Å². The molecule has 2 aliphatic rings. The summed E-state index contributed by atoms with van der Waals surface area (Å²) in [5, 5.41) is 0. The molecule has 0 aromatic heterocycles. The highest BCUT2D eigenvalue weighted by atomic mass is 32.2. The van der Waals surface area contributed by atoms with E-state index in [1.165, 1.54) is 0 Å². The van der Waals surface area contributed by atoms with Gasteiger partial charge in [0.1, 0.15) is 5.60 Å². The number of likely N-dealkylation sites (tertiary alicyclic amines) is 1. The summed E-state index contributed by atoms with van der Waals surface area (Å²) in [6, 6.07) is 0.0262. The molecule has 0 aromatic carbocycles. The van der Waals surface area contributed by atoms with E-state index in [1.807, 2.05) is 41.5 Å². The number of ether oxygens (including phenoxy) is 2. The number of amides is 1. The highest BCUT2D eigenvalue weighted by molar-refractivity contribution is 7.84. The Balaban J connectivity index is 2.11. The van der Waals surface area contributed by atoms with Crippen molar-refractivity contribution in [2.45, 2.75) is 90.7 Å². The molecule has 2 aliphatic heterocycles. The van der Waals surface area contributed by atoms with Gasteiger partial charge in [-0.3, -0.25) is 0 Å². The van der Waals surface area contributed by atoms with Gasteiger partial charge >= 0.3 is 6.09 Å². The van der Waals surface area contributed by atoms with Crippen molar-refractivity contribution in [2.24, 2.45) is 11.3 Å². The first kappa shape index (κ1) is 22.6.